The number of hydrogen-bond acceptors (Lipinski definition) is 3. The van der Waals surface area contributed by atoms with Gasteiger partial charge in [-0.05, 0) is 28.1 Å². The number of hydrogen-bond donors (Lipinski definition) is 1. The molecule has 1 aromatic heterocycles. The quantitative estimate of drug-likeness (QED) is 0.888. The van der Waals surface area contributed by atoms with Crippen molar-refractivity contribution in [3.05, 3.63) is 22.6 Å². The summed E-state index contributed by atoms with van der Waals surface area (Å²) in [6, 6.07) is 3.38. The number of methoxy groups -OCH3 is 1. The van der Waals surface area contributed by atoms with Gasteiger partial charge in [-0.15, -0.1) is 0 Å². The van der Waals surface area contributed by atoms with Crippen LogP contribution < -0.4 is 0 Å². The third kappa shape index (κ3) is 2.86. The molecule has 0 amide bonds. The Balaban J connectivity index is 2.72. The Hall–Kier alpha value is -0.810. The smallest absolute Gasteiger partial charge is 0.306 e. The van der Waals surface area contributed by atoms with E-state index >= 15 is 0 Å². The van der Waals surface area contributed by atoms with E-state index in [1.807, 2.05) is 0 Å². The van der Waals surface area contributed by atoms with E-state index in [9.17, 15) is 4.79 Å². The number of furan rings is 1. The summed E-state index contributed by atoms with van der Waals surface area (Å²) in [6.07, 6.45) is -0.625. The summed E-state index contributed by atoms with van der Waals surface area (Å²) in [5.74, 6) is -0.406. The molecule has 0 saturated carbocycles. The monoisotopic (exact) mass is 248 g/mol. The molecule has 72 valence electrons. The summed E-state index contributed by atoms with van der Waals surface area (Å²) in [5, 5.41) is 8.55. The molecule has 0 fully saturated rings. The zero-order valence-corrected chi connectivity index (χ0v) is 8.58. The molecule has 0 aliphatic heterocycles. The Morgan fingerprint density at radius 1 is 1.77 bits per heavy atom. The summed E-state index contributed by atoms with van der Waals surface area (Å²) in [6.45, 7) is 0. The zero-order chi connectivity index (χ0) is 9.84. The minimum Gasteiger partial charge on any atom is -0.481 e. The topological polar surface area (TPSA) is 59.7 Å². The highest BCUT2D eigenvalue weighted by atomic mass is 79.9. The largest absolute Gasteiger partial charge is 0.481 e. The fourth-order valence-corrected chi connectivity index (χ4v) is 1.28. The first-order chi connectivity index (χ1) is 6.13. The van der Waals surface area contributed by atoms with Crippen LogP contribution in [0.3, 0.4) is 0 Å². The standard InChI is InChI=1S/C8H9BrO4/c1-12-6(4-8(10)11)5-2-3-7(9)13-5/h2-3,6H,4H2,1H3,(H,10,11). The van der Waals surface area contributed by atoms with Gasteiger partial charge in [0.05, 0.1) is 6.42 Å². The molecular weight excluding hydrogens is 240 g/mol. The molecule has 1 aromatic rings. The molecule has 13 heavy (non-hydrogen) atoms. The molecule has 4 nitrogen and oxygen atoms in total. The average molecular weight is 249 g/mol. The number of halogens is 1. The van der Waals surface area contributed by atoms with Crippen LogP contribution in [0.2, 0.25) is 0 Å². The first-order valence-corrected chi connectivity index (χ1v) is 4.42. The predicted octanol–water partition coefficient (Wildman–Crippen LogP) is 2.20. The van der Waals surface area contributed by atoms with Gasteiger partial charge in [-0.1, -0.05) is 0 Å². The Morgan fingerprint density at radius 3 is 2.85 bits per heavy atom. The molecule has 1 atom stereocenters. The molecule has 1 unspecified atom stereocenters. The molecule has 1 heterocycles. The van der Waals surface area contributed by atoms with Crippen LogP contribution in [0.1, 0.15) is 18.3 Å². The molecule has 5 heteroatoms. The Kier molecular flexibility index (Phi) is 3.50. The van der Waals surface area contributed by atoms with Crippen molar-refractivity contribution in [3.8, 4) is 0 Å². The molecule has 0 aliphatic carbocycles. The summed E-state index contributed by atoms with van der Waals surface area (Å²) in [5.41, 5.74) is 0. The predicted molar refractivity (Wildman–Crippen MR) is 48.4 cm³/mol. The highest BCUT2D eigenvalue weighted by Gasteiger charge is 2.17. The van der Waals surface area contributed by atoms with Crippen LogP contribution in [0.15, 0.2) is 21.2 Å². The number of ether oxygens (including phenoxy) is 1. The van der Waals surface area contributed by atoms with E-state index < -0.39 is 12.1 Å². The van der Waals surface area contributed by atoms with Crippen molar-refractivity contribution in [2.45, 2.75) is 12.5 Å². The zero-order valence-electron chi connectivity index (χ0n) is 6.99. The third-order valence-corrected chi connectivity index (χ3v) is 1.98. The van der Waals surface area contributed by atoms with Crippen LogP contribution in [0.4, 0.5) is 0 Å². The van der Waals surface area contributed by atoms with E-state index in [0.717, 1.165) is 0 Å². The van der Waals surface area contributed by atoms with Crippen LogP contribution in [-0.4, -0.2) is 18.2 Å². The molecule has 0 saturated heterocycles. The molecule has 1 rings (SSSR count). The molecule has 0 radical (unpaired) electrons. The molecule has 0 bridgehead atoms. The lowest BCUT2D eigenvalue weighted by atomic mass is 10.2. The van der Waals surface area contributed by atoms with E-state index in [0.29, 0.717) is 10.4 Å². The second kappa shape index (κ2) is 4.43. The molecular formula is C8H9BrO4. The van der Waals surface area contributed by atoms with Crippen molar-refractivity contribution in [3.63, 3.8) is 0 Å². The van der Waals surface area contributed by atoms with Crippen molar-refractivity contribution < 1.29 is 19.1 Å². The normalized spacial score (nSPS) is 12.8. The van der Waals surface area contributed by atoms with Crippen molar-refractivity contribution in [1.29, 1.82) is 0 Å². The minimum atomic E-state index is -0.917. The van der Waals surface area contributed by atoms with Crippen molar-refractivity contribution in [2.75, 3.05) is 7.11 Å². The molecule has 0 spiro atoms. The number of carboxylic acids is 1. The van der Waals surface area contributed by atoms with Gasteiger partial charge in [-0.2, -0.15) is 0 Å². The fraction of sp³-hybridized carbons (Fsp3) is 0.375. The molecule has 1 N–H and O–H groups in total. The van der Waals surface area contributed by atoms with E-state index in [-0.39, 0.29) is 6.42 Å². The Bertz CT molecular complexity index is 294. The second-order valence-electron chi connectivity index (χ2n) is 2.46. The summed E-state index contributed by atoms with van der Waals surface area (Å²) in [4.78, 5) is 10.4. The van der Waals surface area contributed by atoms with Crippen LogP contribution in [0, 0.1) is 0 Å². The summed E-state index contributed by atoms with van der Waals surface area (Å²) >= 11 is 3.13. The van der Waals surface area contributed by atoms with Crippen LogP contribution >= 0.6 is 15.9 Å². The van der Waals surface area contributed by atoms with Crippen molar-refractivity contribution in [2.24, 2.45) is 0 Å². The highest BCUT2D eigenvalue weighted by Crippen LogP contribution is 2.24. The van der Waals surface area contributed by atoms with Crippen molar-refractivity contribution in [1.82, 2.24) is 0 Å². The average Bonchev–Trinajstić information content (AvgIpc) is 2.47. The Labute approximate surface area is 83.6 Å². The van der Waals surface area contributed by atoms with Crippen molar-refractivity contribution >= 4 is 21.9 Å². The lowest BCUT2D eigenvalue weighted by molar-refractivity contribution is -0.140. The van der Waals surface area contributed by atoms with E-state index in [2.05, 4.69) is 15.9 Å². The first-order valence-electron chi connectivity index (χ1n) is 3.63. The van der Waals surface area contributed by atoms with Gasteiger partial charge in [0, 0.05) is 7.11 Å². The van der Waals surface area contributed by atoms with Gasteiger partial charge in [0.2, 0.25) is 0 Å². The van der Waals surface area contributed by atoms with Gasteiger partial charge in [0.15, 0.2) is 4.67 Å². The highest BCUT2D eigenvalue weighted by molar-refractivity contribution is 9.10. The summed E-state index contributed by atoms with van der Waals surface area (Å²) < 4.78 is 10.7. The number of carbonyl (C=O) groups is 1. The maximum Gasteiger partial charge on any atom is 0.306 e. The maximum atomic E-state index is 10.4. The van der Waals surface area contributed by atoms with Gasteiger partial charge >= 0.3 is 5.97 Å². The van der Waals surface area contributed by atoms with Crippen LogP contribution in [0.5, 0.6) is 0 Å². The summed E-state index contributed by atoms with van der Waals surface area (Å²) in [7, 11) is 1.45. The van der Waals surface area contributed by atoms with Gasteiger partial charge < -0.3 is 14.3 Å². The van der Waals surface area contributed by atoms with Gasteiger partial charge in [-0.25, -0.2) is 0 Å². The second-order valence-corrected chi connectivity index (χ2v) is 3.25. The Morgan fingerprint density at radius 2 is 2.46 bits per heavy atom. The lowest BCUT2D eigenvalue weighted by Crippen LogP contribution is -2.07. The van der Waals surface area contributed by atoms with E-state index in [1.165, 1.54) is 7.11 Å². The maximum absolute atomic E-state index is 10.4. The third-order valence-electron chi connectivity index (χ3n) is 1.56. The number of carboxylic acid groups (broad SMARTS) is 1. The lowest BCUT2D eigenvalue weighted by Gasteiger charge is -2.08. The number of aliphatic carboxylic acids is 1. The van der Waals surface area contributed by atoms with E-state index in [1.54, 1.807) is 12.1 Å². The molecule has 0 aromatic carbocycles. The molecule has 0 aliphatic rings. The minimum absolute atomic E-state index is 0.101. The van der Waals surface area contributed by atoms with Gasteiger partial charge in [0.25, 0.3) is 0 Å². The van der Waals surface area contributed by atoms with Gasteiger partial charge in [-0.3, -0.25) is 4.79 Å². The fourth-order valence-electron chi connectivity index (χ4n) is 0.960. The van der Waals surface area contributed by atoms with Gasteiger partial charge in [0.1, 0.15) is 11.9 Å². The van der Waals surface area contributed by atoms with Crippen LogP contribution in [-0.2, 0) is 9.53 Å². The first kappa shape index (κ1) is 10.3. The number of rotatable bonds is 4. The van der Waals surface area contributed by atoms with Crippen LogP contribution in [0.25, 0.3) is 0 Å². The SMILES string of the molecule is COC(CC(=O)O)c1ccc(Br)o1. The van der Waals surface area contributed by atoms with E-state index in [4.69, 9.17) is 14.3 Å².